The summed E-state index contributed by atoms with van der Waals surface area (Å²) in [4.78, 5) is 11.8. The van der Waals surface area contributed by atoms with Crippen LogP contribution in [0, 0.1) is 12.3 Å². The molecule has 0 atom stereocenters. The van der Waals surface area contributed by atoms with Gasteiger partial charge in [0.2, 0.25) is 0 Å². The second-order valence-corrected chi connectivity index (χ2v) is 5.01. The molecule has 1 aromatic carbocycles. The molecule has 100 valence electrons. The maximum atomic E-state index is 12.6. The smallest absolute Gasteiger partial charge is 0.316 e. The number of aryl methyl sites for hydroxylation is 1. The molecular weight excluding hydrogens is 238 g/mol. The largest absolute Gasteiger partial charge is 0.426 e. The van der Waals surface area contributed by atoms with Crippen LogP contribution in [0.2, 0.25) is 0 Å². The van der Waals surface area contributed by atoms with Gasteiger partial charge in [0.05, 0.1) is 5.41 Å². The summed E-state index contributed by atoms with van der Waals surface area (Å²) in [6, 6.07) is 4.17. The lowest BCUT2D eigenvalue weighted by Gasteiger charge is -2.20. The number of ether oxygens (including phenoxy) is 1. The first-order valence-electron chi connectivity index (χ1n) is 5.88. The van der Waals surface area contributed by atoms with Crippen molar-refractivity contribution in [1.82, 2.24) is 0 Å². The molecule has 1 rings (SSSR count). The van der Waals surface area contributed by atoms with Gasteiger partial charge in [0.15, 0.2) is 0 Å². The highest BCUT2D eigenvalue weighted by Crippen LogP contribution is 2.28. The van der Waals surface area contributed by atoms with Crippen LogP contribution in [0.15, 0.2) is 18.2 Å². The monoisotopic (exact) mass is 256 g/mol. The maximum absolute atomic E-state index is 12.6. The van der Waals surface area contributed by atoms with Crippen LogP contribution in [0.5, 0.6) is 5.75 Å². The van der Waals surface area contributed by atoms with Gasteiger partial charge in [-0.3, -0.25) is 4.79 Å². The Morgan fingerprint density at radius 2 is 1.94 bits per heavy atom. The molecule has 1 aromatic rings. The van der Waals surface area contributed by atoms with Gasteiger partial charge in [-0.1, -0.05) is 13.0 Å². The van der Waals surface area contributed by atoms with Gasteiger partial charge in [-0.2, -0.15) is 0 Å². The number of carbonyl (C=O) groups is 1. The summed E-state index contributed by atoms with van der Waals surface area (Å²) in [5, 5.41) is 0. The minimum Gasteiger partial charge on any atom is -0.426 e. The van der Waals surface area contributed by atoms with Crippen LogP contribution in [0.3, 0.4) is 0 Å². The molecule has 0 bridgehead atoms. The Hall–Kier alpha value is -1.45. The van der Waals surface area contributed by atoms with E-state index >= 15 is 0 Å². The van der Waals surface area contributed by atoms with E-state index in [0.29, 0.717) is 12.0 Å². The minimum absolute atomic E-state index is 0.132. The number of alkyl halides is 2. The second kappa shape index (κ2) is 5.46. The quantitative estimate of drug-likeness (QED) is 0.594. The van der Waals surface area contributed by atoms with E-state index in [2.05, 4.69) is 0 Å². The Bertz CT molecular complexity index is 439. The predicted molar refractivity (Wildman–Crippen MR) is 65.8 cm³/mol. The summed E-state index contributed by atoms with van der Waals surface area (Å²) in [5.74, 6) is -0.229. The lowest BCUT2D eigenvalue weighted by Crippen LogP contribution is -2.28. The Morgan fingerprint density at radius 1 is 1.33 bits per heavy atom. The maximum Gasteiger partial charge on any atom is 0.316 e. The normalized spacial score (nSPS) is 11.7. The Balaban J connectivity index is 2.95. The first-order valence-corrected chi connectivity index (χ1v) is 5.88. The van der Waals surface area contributed by atoms with Crippen molar-refractivity contribution in [3.63, 3.8) is 0 Å². The highest BCUT2D eigenvalue weighted by Gasteiger charge is 2.27. The van der Waals surface area contributed by atoms with Crippen molar-refractivity contribution in [1.29, 1.82) is 0 Å². The minimum atomic E-state index is -2.57. The highest BCUT2D eigenvalue weighted by atomic mass is 19.3. The third-order valence-electron chi connectivity index (χ3n) is 2.97. The topological polar surface area (TPSA) is 26.3 Å². The molecule has 0 saturated carbocycles. The van der Waals surface area contributed by atoms with Crippen molar-refractivity contribution in [2.45, 2.75) is 40.5 Å². The molecule has 0 aliphatic heterocycles. The molecule has 0 saturated heterocycles. The molecule has 0 aliphatic rings. The number of halogens is 2. The fraction of sp³-hybridized carbons (Fsp3) is 0.500. The van der Waals surface area contributed by atoms with E-state index < -0.39 is 17.8 Å². The molecule has 0 radical (unpaired) electrons. The molecule has 0 aliphatic carbocycles. The standard InChI is InChI=1S/C14H18F2O2/c1-5-14(3,4)13(17)18-11-7-9(2)6-10(8-11)12(15)16/h6-8,12H,5H2,1-4H3. The number of benzene rings is 1. The van der Waals surface area contributed by atoms with Crippen molar-refractivity contribution in [2.75, 3.05) is 0 Å². The van der Waals surface area contributed by atoms with E-state index in [9.17, 15) is 13.6 Å². The molecule has 18 heavy (non-hydrogen) atoms. The van der Waals surface area contributed by atoms with Crippen molar-refractivity contribution in [3.8, 4) is 5.75 Å². The summed E-state index contributed by atoms with van der Waals surface area (Å²) in [6.45, 7) is 7.09. The molecule has 0 amide bonds. The van der Waals surface area contributed by atoms with E-state index in [0.717, 1.165) is 0 Å². The van der Waals surface area contributed by atoms with Crippen molar-refractivity contribution in [2.24, 2.45) is 5.41 Å². The first-order chi connectivity index (χ1) is 8.26. The number of hydrogen-bond acceptors (Lipinski definition) is 2. The Morgan fingerprint density at radius 3 is 2.44 bits per heavy atom. The zero-order valence-electron chi connectivity index (χ0n) is 11.1. The van der Waals surface area contributed by atoms with Gasteiger partial charge in [0.1, 0.15) is 5.75 Å². The molecule has 0 unspecified atom stereocenters. The average Bonchev–Trinajstić information content (AvgIpc) is 2.28. The average molecular weight is 256 g/mol. The SMILES string of the molecule is CCC(C)(C)C(=O)Oc1cc(C)cc(C(F)F)c1. The summed E-state index contributed by atoms with van der Waals surface area (Å²) >= 11 is 0. The number of esters is 1. The molecule has 0 spiro atoms. The van der Waals surface area contributed by atoms with Crippen molar-refractivity contribution in [3.05, 3.63) is 29.3 Å². The van der Waals surface area contributed by atoms with Crippen molar-refractivity contribution >= 4 is 5.97 Å². The van der Waals surface area contributed by atoms with E-state index in [1.54, 1.807) is 26.8 Å². The number of rotatable bonds is 4. The van der Waals surface area contributed by atoms with Crippen LogP contribution < -0.4 is 4.74 Å². The number of carbonyl (C=O) groups excluding carboxylic acids is 1. The van der Waals surface area contributed by atoms with Crippen LogP contribution in [-0.4, -0.2) is 5.97 Å². The van der Waals surface area contributed by atoms with Gasteiger partial charge in [-0.05, 0) is 44.9 Å². The van der Waals surface area contributed by atoms with E-state index in [1.165, 1.54) is 12.1 Å². The summed E-state index contributed by atoms with van der Waals surface area (Å²) in [6.07, 6.45) is -1.94. The van der Waals surface area contributed by atoms with E-state index in [-0.39, 0.29) is 11.3 Å². The zero-order valence-corrected chi connectivity index (χ0v) is 11.1. The van der Waals surface area contributed by atoms with Gasteiger partial charge in [0.25, 0.3) is 6.43 Å². The first kappa shape index (κ1) is 14.6. The lowest BCUT2D eigenvalue weighted by molar-refractivity contribution is -0.144. The van der Waals surface area contributed by atoms with Gasteiger partial charge in [0, 0.05) is 5.56 Å². The molecule has 0 heterocycles. The van der Waals surface area contributed by atoms with Crippen LogP contribution in [-0.2, 0) is 4.79 Å². The fourth-order valence-electron chi connectivity index (χ4n) is 1.35. The van der Waals surface area contributed by atoms with Crippen molar-refractivity contribution < 1.29 is 18.3 Å². The van der Waals surface area contributed by atoms with Gasteiger partial charge >= 0.3 is 5.97 Å². The molecule has 4 heteroatoms. The molecule has 0 fully saturated rings. The van der Waals surface area contributed by atoms with Crippen LogP contribution in [0.4, 0.5) is 8.78 Å². The molecule has 0 aromatic heterocycles. The summed E-state index contributed by atoms with van der Waals surface area (Å²) in [5.41, 5.74) is -0.105. The van der Waals surface area contributed by atoms with Crippen LogP contribution >= 0.6 is 0 Å². The number of hydrogen-bond donors (Lipinski definition) is 0. The van der Waals surface area contributed by atoms with E-state index in [1.807, 2.05) is 6.92 Å². The Kier molecular flexibility index (Phi) is 4.43. The molecular formula is C14H18F2O2. The third kappa shape index (κ3) is 3.52. The highest BCUT2D eigenvalue weighted by molar-refractivity contribution is 5.78. The second-order valence-electron chi connectivity index (χ2n) is 5.01. The van der Waals surface area contributed by atoms with E-state index in [4.69, 9.17) is 4.74 Å². The predicted octanol–water partition coefficient (Wildman–Crippen LogP) is 4.27. The Labute approximate surface area is 106 Å². The van der Waals surface area contributed by atoms with Gasteiger partial charge in [-0.25, -0.2) is 8.78 Å². The molecule has 0 N–H and O–H groups in total. The van der Waals surface area contributed by atoms with Crippen LogP contribution in [0.1, 0.15) is 44.7 Å². The zero-order chi connectivity index (χ0) is 13.9. The third-order valence-corrected chi connectivity index (χ3v) is 2.97. The fourth-order valence-corrected chi connectivity index (χ4v) is 1.35. The van der Waals surface area contributed by atoms with Gasteiger partial charge < -0.3 is 4.74 Å². The molecule has 2 nitrogen and oxygen atoms in total. The van der Waals surface area contributed by atoms with Gasteiger partial charge in [-0.15, -0.1) is 0 Å². The summed E-state index contributed by atoms with van der Waals surface area (Å²) < 4.78 is 30.4. The van der Waals surface area contributed by atoms with Crippen LogP contribution in [0.25, 0.3) is 0 Å². The lowest BCUT2D eigenvalue weighted by atomic mass is 9.91. The summed E-state index contributed by atoms with van der Waals surface area (Å²) in [7, 11) is 0.